The molecule has 0 aliphatic carbocycles. The van der Waals surface area contributed by atoms with E-state index < -0.39 is 0 Å². The Kier molecular flexibility index (Phi) is 4.95. The van der Waals surface area contributed by atoms with Crippen LogP contribution in [0.1, 0.15) is 24.2 Å². The van der Waals surface area contributed by atoms with Crippen molar-refractivity contribution in [1.82, 2.24) is 15.2 Å². The molecule has 0 aliphatic heterocycles. The van der Waals surface area contributed by atoms with Crippen molar-refractivity contribution in [2.75, 3.05) is 5.32 Å². The average Bonchev–Trinajstić information content (AvgIpc) is 3.22. The van der Waals surface area contributed by atoms with Gasteiger partial charge in [0, 0.05) is 12.8 Å². The monoisotopic (exact) mass is 346 g/mol. The van der Waals surface area contributed by atoms with E-state index in [4.69, 9.17) is 4.42 Å². The number of carbonyl (C=O) groups is 1. The Labute approximate surface area is 141 Å². The topological polar surface area (TPSA) is 80.9 Å². The second-order valence-corrected chi connectivity index (χ2v) is 6.06. The van der Waals surface area contributed by atoms with Crippen LogP contribution in [0, 0.1) is 5.82 Å². The van der Waals surface area contributed by atoms with Crippen LogP contribution >= 0.6 is 11.3 Å². The number of aromatic nitrogens is 3. The summed E-state index contributed by atoms with van der Waals surface area (Å²) in [5.41, 5.74) is 0.349. The summed E-state index contributed by atoms with van der Waals surface area (Å²) in [5.74, 6) is 0.163. The van der Waals surface area contributed by atoms with E-state index in [0.29, 0.717) is 28.8 Å². The predicted octanol–water partition coefficient (Wildman–Crippen LogP) is 3.47. The maximum absolute atomic E-state index is 13.7. The first-order chi connectivity index (χ1) is 11.7. The third-order valence-electron chi connectivity index (χ3n) is 3.27. The molecule has 3 rings (SSSR count). The first-order valence-electron chi connectivity index (χ1n) is 7.47. The first-order valence-corrected chi connectivity index (χ1v) is 8.29. The number of hydrogen-bond donors (Lipinski definition) is 1. The summed E-state index contributed by atoms with van der Waals surface area (Å²) in [6.45, 7) is 1.97. The maximum Gasteiger partial charge on any atom is 0.226 e. The molecule has 1 aromatic carbocycles. The highest BCUT2D eigenvalue weighted by Crippen LogP contribution is 2.23. The molecule has 0 spiro atoms. The number of halogens is 1. The van der Waals surface area contributed by atoms with Crippen molar-refractivity contribution in [1.29, 1.82) is 0 Å². The van der Waals surface area contributed by atoms with Crippen LogP contribution in [0.2, 0.25) is 0 Å². The molecule has 124 valence electrons. The molecule has 0 saturated carbocycles. The van der Waals surface area contributed by atoms with Gasteiger partial charge in [0.15, 0.2) is 11.7 Å². The van der Waals surface area contributed by atoms with Crippen LogP contribution in [0.25, 0.3) is 11.3 Å². The van der Waals surface area contributed by atoms with E-state index in [-0.39, 0.29) is 18.1 Å². The molecule has 3 aromatic rings. The highest BCUT2D eigenvalue weighted by Gasteiger charge is 2.12. The van der Waals surface area contributed by atoms with Gasteiger partial charge in [0.05, 0.1) is 11.8 Å². The molecule has 0 radical (unpaired) electrons. The highest BCUT2D eigenvalue weighted by molar-refractivity contribution is 7.15. The van der Waals surface area contributed by atoms with Crippen molar-refractivity contribution in [3.05, 3.63) is 47.2 Å². The lowest BCUT2D eigenvalue weighted by molar-refractivity contribution is -0.116. The number of nitrogens with one attached hydrogen (secondary N) is 1. The minimum atomic E-state index is -0.374. The smallest absolute Gasteiger partial charge is 0.226 e. The summed E-state index contributed by atoms with van der Waals surface area (Å²) in [6.07, 6.45) is 2.75. The Bertz CT molecular complexity index is 846. The predicted molar refractivity (Wildman–Crippen MR) is 88.1 cm³/mol. The van der Waals surface area contributed by atoms with Gasteiger partial charge >= 0.3 is 0 Å². The Morgan fingerprint density at radius 3 is 2.92 bits per heavy atom. The molecule has 24 heavy (non-hydrogen) atoms. The minimum absolute atomic E-state index is 0.193. The molecule has 2 heterocycles. The summed E-state index contributed by atoms with van der Waals surface area (Å²) in [7, 11) is 0. The number of anilines is 1. The molecule has 6 nitrogen and oxygen atoms in total. The normalized spacial score (nSPS) is 10.8. The SMILES string of the molecule is CCc1nnc(NC(=O)CCc2ncc(-c3ccccc3F)o2)s1. The lowest BCUT2D eigenvalue weighted by atomic mass is 10.2. The van der Waals surface area contributed by atoms with Crippen LogP contribution in [0.15, 0.2) is 34.9 Å². The lowest BCUT2D eigenvalue weighted by Gasteiger charge is -1.99. The molecule has 0 fully saturated rings. The third kappa shape index (κ3) is 3.83. The molecular formula is C16H15FN4O2S. The Hall–Kier alpha value is -2.61. The van der Waals surface area contributed by atoms with Gasteiger partial charge in [0.25, 0.3) is 0 Å². The van der Waals surface area contributed by atoms with Crippen LogP contribution in [0.5, 0.6) is 0 Å². The summed E-state index contributed by atoms with van der Waals surface area (Å²) < 4.78 is 19.2. The number of carbonyl (C=O) groups excluding carboxylic acids is 1. The van der Waals surface area contributed by atoms with E-state index in [2.05, 4.69) is 20.5 Å². The minimum Gasteiger partial charge on any atom is -0.441 e. The number of oxazole rings is 1. The molecule has 0 bridgehead atoms. The van der Waals surface area contributed by atoms with E-state index in [1.165, 1.54) is 23.6 Å². The largest absolute Gasteiger partial charge is 0.441 e. The first kappa shape index (κ1) is 16.3. The van der Waals surface area contributed by atoms with Crippen molar-refractivity contribution in [3.63, 3.8) is 0 Å². The van der Waals surface area contributed by atoms with Crippen LogP contribution in [-0.2, 0) is 17.6 Å². The van der Waals surface area contributed by atoms with Gasteiger partial charge in [0.1, 0.15) is 10.8 Å². The quantitative estimate of drug-likeness (QED) is 0.739. The molecule has 1 amide bonds. The Morgan fingerprint density at radius 2 is 2.17 bits per heavy atom. The van der Waals surface area contributed by atoms with Gasteiger partial charge in [0.2, 0.25) is 11.0 Å². The fourth-order valence-corrected chi connectivity index (χ4v) is 2.76. The van der Waals surface area contributed by atoms with Gasteiger partial charge in [-0.15, -0.1) is 10.2 Å². The van der Waals surface area contributed by atoms with Crippen LogP contribution in [-0.4, -0.2) is 21.1 Å². The molecule has 0 saturated heterocycles. The van der Waals surface area contributed by atoms with Crippen LogP contribution in [0.3, 0.4) is 0 Å². The molecule has 2 aromatic heterocycles. The van der Waals surface area contributed by atoms with Crippen molar-refractivity contribution >= 4 is 22.4 Å². The number of aryl methyl sites for hydroxylation is 2. The second kappa shape index (κ2) is 7.31. The molecule has 1 N–H and O–H groups in total. The van der Waals surface area contributed by atoms with Gasteiger partial charge in [-0.1, -0.05) is 30.4 Å². The number of nitrogens with zero attached hydrogens (tertiary/aromatic N) is 3. The molecule has 0 atom stereocenters. The van der Waals surface area contributed by atoms with E-state index >= 15 is 0 Å². The van der Waals surface area contributed by atoms with E-state index in [0.717, 1.165) is 11.4 Å². The fourth-order valence-electron chi connectivity index (χ4n) is 2.06. The van der Waals surface area contributed by atoms with Crippen molar-refractivity contribution in [2.24, 2.45) is 0 Å². The lowest BCUT2D eigenvalue weighted by Crippen LogP contribution is -2.12. The zero-order valence-electron chi connectivity index (χ0n) is 13.0. The highest BCUT2D eigenvalue weighted by atomic mass is 32.1. The summed E-state index contributed by atoms with van der Waals surface area (Å²) in [6, 6.07) is 6.31. The Morgan fingerprint density at radius 1 is 1.33 bits per heavy atom. The van der Waals surface area contributed by atoms with Gasteiger partial charge < -0.3 is 9.73 Å². The molecule has 0 unspecified atom stereocenters. The van der Waals surface area contributed by atoms with E-state index in [9.17, 15) is 9.18 Å². The molecular weight excluding hydrogens is 331 g/mol. The molecule has 0 aliphatic rings. The average molecular weight is 346 g/mol. The van der Waals surface area contributed by atoms with Crippen LogP contribution in [0.4, 0.5) is 9.52 Å². The van der Waals surface area contributed by atoms with Gasteiger partial charge in [-0.3, -0.25) is 4.79 Å². The van der Waals surface area contributed by atoms with Gasteiger partial charge in [-0.05, 0) is 18.6 Å². The molecule has 8 heteroatoms. The standard InChI is InChI=1S/C16H15FN4O2S/c1-2-15-20-21-16(24-15)19-13(22)7-8-14-18-9-12(23-14)10-5-3-4-6-11(10)17/h3-6,9H,2,7-8H2,1H3,(H,19,21,22). The van der Waals surface area contributed by atoms with E-state index in [1.807, 2.05) is 6.92 Å². The fraction of sp³-hybridized carbons (Fsp3) is 0.250. The van der Waals surface area contributed by atoms with Crippen molar-refractivity contribution in [2.45, 2.75) is 26.2 Å². The van der Waals surface area contributed by atoms with Gasteiger partial charge in [-0.2, -0.15) is 0 Å². The number of amides is 1. The summed E-state index contributed by atoms with van der Waals surface area (Å²) >= 11 is 1.35. The zero-order valence-corrected chi connectivity index (χ0v) is 13.8. The summed E-state index contributed by atoms with van der Waals surface area (Å²) in [5, 5.41) is 11.9. The second-order valence-electron chi connectivity index (χ2n) is 5.00. The number of hydrogen-bond acceptors (Lipinski definition) is 6. The maximum atomic E-state index is 13.7. The summed E-state index contributed by atoms with van der Waals surface area (Å²) in [4.78, 5) is 16.0. The van der Waals surface area contributed by atoms with Crippen LogP contribution < -0.4 is 5.32 Å². The number of rotatable bonds is 6. The zero-order chi connectivity index (χ0) is 16.9. The van der Waals surface area contributed by atoms with E-state index in [1.54, 1.807) is 18.2 Å². The number of benzene rings is 1. The Balaban J connectivity index is 1.57. The van der Waals surface area contributed by atoms with Crippen molar-refractivity contribution in [3.8, 4) is 11.3 Å². The van der Waals surface area contributed by atoms with Crippen molar-refractivity contribution < 1.29 is 13.6 Å². The third-order valence-corrected chi connectivity index (χ3v) is 4.26. The van der Waals surface area contributed by atoms with Gasteiger partial charge in [-0.25, -0.2) is 9.37 Å².